The summed E-state index contributed by atoms with van der Waals surface area (Å²) in [5.74, 6) is 0.579. The van der Waals surface area contributed by atoms with E-state index >= 15 is 0 Å². The van der Waals surface area contributed by atoms with Crippen LogP contribution in [-0.2, 0) is 11.8 Å². The van der Waals surface area contributed by atoms with Gasteiger partial charge in [0.05, 0.1) is 17.5 Å². The maximum atomic E-state index is 14.3. The molecule has 5 aliphatic carbocycles. The molecule has 2 saturated carbocycles. The van der Waals surface area contributed by atoms with Crippen LogP contribution >= 0.6 is 0 Å². The molecule has 9 rings (SSSR count). The molecular weight excluding hydrogens is 434 g/mol. The van der Waals surface area contributed by atoms with E-state index in [9.17, 15) is 9.59 Å². The molecule has 35 heavy (non-hydrogen) atoms. The van der Waals surface area contributed by atoms with E-state index in [4.69, 9.17) is 0 Å². The highest BCUT2D eigenvalue weighted by Gasteiger charge is 2.71. The van der Waals surface area contributed by atoms with Gasteiger partial charge in [-0.3, -0.25) is 0 Å². The maximum Gasteiger partial charge on any atom is 0.348 e. The molecule has 0 radical (unpaired) electrons. The van der Waals surface area contributed by atoms with Crippen molar-refractivity contribution in [3.8, 4) is 0 Å². The minimum absolute atomic E-state index is 0.0137. The minimum Gasteiger partial charge on any atom is -0.246 e. The first-order valence-corrected chi connectivity index (χ1v) is 13.5. The third-order valence-electron chi connectivity index (χ3n) is 12.5. The maximum absolute atomic E-state index is 14.3. The van der Waals surface area contributed by atoms with Crippen molar-refractivity contribution in [2.75, 3.05) is 0 Å². The number of benzene rings is 1. The quantitative estimate of drug-likeness (QED) is 0.557. The zero-order valence-corrected chi connectivity index (χ0v) is 21.5. The zero-order chi connectivity index (χ0) is 24.3. The van der Waals surface area contributed by atoms with E-state index in [1.807, 2.05) is 9.36 Å². The standard InChI is InChI=1S/C30H35N3O2/c1-17-6-7-18(2)24-20(17)11-13-29-14-15-30(24,29)22-9-8-21(29)32-25(34)31(26(35)33(22)32)23-16-19-10-12-28(23,5)27(19,3)4/h6-9,14-15,19,21-23H,10-13,16H2,1-5H3/t19-,21-,22-,23-,28-,29-,30-/m1/s1. The normalized spacial score (nSPS) is 42.4. The Labute approximate surface area is 206 Å². The fourth-order valence-corrected chi connectivity index (χ4v) is 10.1. The first-order valence-electron chi connectivity index (χ1n) is 13.5. The highest BCUT2D eigenvalue weighted by Crippen LogP contribution is 2.72. The van der Waals surface area contributed by atoms with Crippen LogP contribution in [0.25, 0.3) is 0 Å². The van der Waals surface area contributed by atoms with Gasteiger partial charge in [-0.1, -0.05) is 57.2 Å². The van der Waals surface area contributed by atoms with Crippen LogP contribution in [0.4, 0.5) is 0 Å². The minimum atomic E-state index is -0.240. The molecule has 1 aromatic carbocycles. The predicted molar refractivity (Wildman–Crippen MR) is 136 cm³/mol. The average Bonchev–Trinajstić information content (AvgIpc) is 3.28. The fraction of sp³-hybridized carbons (Fsp3) is 0.600. The van der Waals surface area contributed by atoms with Gasteiger partial charge in [0.2, 0.25) is 0 Å². The lowest BCUT2D eigenvalue weighted by Gasteiger charge is -2.67. The number of hydrogen-bond acceptors (Lipinski definition) is 2. The summed E-state index contributed by atoms with van der Waals surface area (Å²) >= 11 is 0. The van der Waals surface area contributed by atoms with Gasteiger partial charge in [-0.2, -0.15) is 0 Å². The molecule has 0 N–H and O–H groups in total. The molecule has 1 aromatic heterocycles. The highest BCUT2D eigenvalue weighted by atomic mass is 16.2. The van der Waals surface area contributed by atoms with E-state index in [0.29, 0.717) is 5.92 Å². The van der Waals surface area contributed by atoms with Crippen LogP contribution in [0.1, 0.15) is 86.8 Å². The van der Waals surface area contributed by atoms with Crippen LogP contribution in [0, 0.1) is 36.0 Å². The number of aromatic nitrogens is 3. The summed E-state index contributed by atoms with van der Waals surface area (Å²) in [6, 6.07) is 4.22. The van der Waals surface area contributed by atoms with Gasteiger partial charge in [0.15, 0.2) is 0 Å². The van der Waals surface area contributed by atoms with Gasteiger partial charge in [-0.05, 0) is 85.0 Å². The average molecular weight is 470 g/mol. The van der Waals surface area contributed by atoms with E-state index in [-0.39, 0.29) is 51.2 Å². The van der Waals surface area contributed by atoms with Crippen molar-refractivity contribution >= 4 is 0 Å². The summed E-state index contributed by atoms with van der Waals surface area (Å²) < 4.78 is 5.43. The van der Waals surface area contributed by atoms with E-state index < -0.39 is 0 Å². The Kier molecular flexibility index (Phi) is 3.36. The molecule has 4 bridgehead atoms. The summed E-state index contributed by atoms with van der Waals surface area (Å²) in [6.45, 7) is 11.5. The lowest BCUT2D eigenvalue weighted by atomic mass is 9.40. The molecule has 182 valence electrons. The fourth-order valence-electron chi connectivity index (χ4n) is 10.1. The summed E-state index contributed by atoms with van der Waals surface area (Å²) in [6.07, 6.45) is 14.5. The van der Waals surface area contributed by atoms with Crippen LogP contribution in [0.5, 0.6) is 0 Å². The first kappa shape index (κ1) is 20.6. The Balaban J connectivity index is 1.39. The number of nitrogens with zero attached hydrogens (tertiary/aromatic N) is 3. The Morgan fingerprint density at radius 3 is 2.20 bits per heavy atom. The van der Waals surface area contributed by atoms with Gasteiger partial charge in [0.25, 0.3) is 0 Å². The van der Waals surface area contributed by atoms with Crippen LogP contribution in [-0.4, -0.2) is 13.9 Å². The van der Waals surface area contributed by atoms with E-state index in [1.54, 1.807) is 4.57 Å². The van der Waals surface area contributed by atoms with Gasteiger partial charge < -0.3 is 0 Å². The lowest BCUT2D eigenvalue weighted by molar-refractivity contribution is -0.00767. The Morgan fingerprint density at radius 2 is 1.57 bits per heavy atom. The predicted octanol–water partition coefficient (Wildman–Crippen LogP) is 4.92. The SMILES string of the molecule is Cc1ccc(C)c2c1CC[C@]13C=C[C@@]21[C@H]1C=C[C@H]3n2c(=O)n([C@@H]3C[C@H]4CC[C@@]3(C)C4(C)C)c(=O)n21. The van der Waals surface area contributed by atoms with Gasteiger partial charge in [-0.25, -0.2) is 23.5 Å². The molecule has 2 fully saturated rings. The van der Waals surface area contributed by atoms with Crippen molar-refractivity contribution in [1.82, 2.24) is 13.9 Å². The second-order valence-electron chi connectivity index (χ2n) is 13.3. The number of rotatable bonds is 1. The smallest absolute Gasteiger partial charge is 0.246 e. The molecule has 2 aliphatic heterocycles. The van der Waals surface area contributed by atoms with Gasteiger partial charge >= 0.3 is 11.4 Å². The molecule has 2 aromatic rings. The van der Waals surface area contributed by atoms with E-state index in [0.717, 1.165) is 25.7 Å². The first-order chi connectivity index (χ1) is 16.6. The molecule has 0 spiro atoms. The van der Waals surface area contributed by atoms with Crippen LogP contribution in [0.2, 0.25) is 0 Å². The van der Waals surface area contributed by atoms with Gasteiger partial charge in [0, 0.05) is 11.5 Å². The molecule has 7 aliphatic rings. The number of fused-ring (bicyclic) bond motifs is 3. The lowest BCUT2D eigenvalue weighted by Crippen LogP contribution is -2.68. The third-order valence-corrected chi connectivity index (χ3v) is 12.5. The highest BCUT2D eigenvalue weighted by molar-refractivity contribution is 5.61. The second kappa shape index (κ2) is 5.71. The largest absolute Gasteiger partial charge is 0.348 e. The van der Waals surface area contributed by atoms with Crippen LogP contribution < -0.4 is 11.4 Å². The number of allylic oxidation sites excluding steroid dienone is 4. The molecule has 0 unspecified atom stereocenters. The molecule has 0 amide bonds. The molecule has 0 saturated heterocycles. The van der Waals surface area contributed by atoms with Crippen molar-refractivity contribution in [3.63, 3.8) is 0 Å². The molecule has 3 heterocycles. The molecule has 5 heteroatoms. The van der Waals surface area contributed by atoms with Gasteiger partial charge in [0.1, 0.15) is 0 Å². The third kappa shape index (κ3) is 1.82. The monoisotopic (exact) mass is 469 g/mol. The van der Waals surface area contributed by atoms with Crippen molar-refractivity contribution in [3.05, 3.63) is 79.7 Å². The van der Waals surface area contributed by atoms with Gasteiger partial charge in [-0.15, -0.1) is 0 Å². The Bertz CT molecular complexity index is 1530. The molecule has 7 atom stereocenters. The number of hydrogen-bond donors (Lipinski definition) is 0. The van der Waals surface area contributed by atoms with Crippen LogP contribution in [0.3, 0.4) is 0 Å². The van der Waals surface area contributed by atoms with Crippen molar-refractivity contribution in [2.45, 2.75) is 90.3 Å². The summed E-state index contributed by atoms with van der Waals surface area (Å²) in [7, 11) is 0. The number of aryl methyl sites for hydroxylation is 2. The van der Waals surface area contributed by atoms with E-state index in [2.05, 4.69) is 71.1 Å². The van der Waals surface area contributed by atoms with Crippen LogP contribution in [0.15, 0.2) is 46.0 Å². The summed E-state index contributed by atoms with van der Waals surface area (Å²) in [5, 5.41) is 0. The van der Waals surface area contributed by atoms with E-state index in [1.165, 1.54) is 28.7 Å². The topological polar surface area (TPSA) is 48.9 Å². The Morgan fingerprint density at radius 1 is 0.886 bits per heavy atom. The second-order valence-corrected chi connectivity index (χ2v) is 13.3. The Hall–Kier alpha value is -2.56. The van der Waals surface area contributed by atoms with Crippen molar-refractivity contribution in [2.24, 2.45) is 22.2 Å². The molecular formula is C30H35N3O2. The van der Waals surface area contributed by atoms with Crippen molar-refractivity contribution < 1.29 is 0 Å². The molecule has 5 nitrogen and oxygen atoms in total. The summed E-state index contributed by atoms with van der Waals surface area (Å²) in [5.41, 5.74) is 5.10. The summed E-state index contributed by atoms with van der Waals surface area (Å²) in [4.78, 5) is 28.5. The van der Waals surface area contributed by atoms with Crippen molar-refractivity contribution in [1.29, 1.82) is 0 Å². The zero-order valence-electron chi connectivity index (χ0n) is 21.5.